The van der Waals surface area contributed by atoms with E-state index in [1.165, 1.54) is 19.5 Å². The molecule has 1 aromatic rings. The minimum atomic E-state index is -0.628. The van der Waals surface area contributed by atoms with Crippen LogP contribution in [0.25, 0.3) is 0 Å². The van der Waals surface area contributed by atoms with E-state index in [4.69, 9.17) is 0 Å². The van der Waals surface area contributed by atoms with Crippen LogP contribution in [-0.4, -0.2) is 47.3 Å². The number of carbonyl (C=O) groups excluding carboxylic acids is 1. The smallest absolute Gasteiger partial charge is 0.358 e. The third-order valence-corrected chi connectivity index (χ3v) is 3.49. The average molecular weight is 265 g/mol. The van der Waals surface area contributed by atoms with Crippen LogP contribution in [0.4, 0.5) is 5.82 Å². The van der Waals surface area contributed by atoms with Gasteiger partial charge in [0.25, 0.3) is 0 Å². The standard InChI is InChI=1S/C13H19N3O3/c1-16(9-13(18)5-3-4-6-13)11-8-14-10(7-15-11)12(17)19-2/h7-8,18H,3-6,9H2,1-2H3. The topological polar surface area (TPSA) is 75.5 Å². The number of methoxy groups -OCH3 is 1. The van der Waals surface area contributed by atoms with E-state index in [2.05, 4.69) is 14.7 Å². The lowest BCUT2D eigenvalue weighted by atomic mass is 10.0. The SMILES string of the molecule is COC(=O)c1cnc(N(C)CC2(O)CCCC2)cn1. The zero-order valence-corrected chi connectivity index (χ0v) is 11.3. The molecule has 0 spiro atoms. The number of hydrogen-bond donors (Lipinski definition) is 1. The molecule has 0 amide bonds. The van der Waals surface area contributed by atoms with Crippen molar-refractivity contribution in [2.24, 2.45) is 0 Å². The first-order valence-corrected chi connectivity index (χ1v) is 6.38. The zero-order chi connectivity index (χ0) is 13.9. The van der Waals surface area contributed by atoms with Gasteiger partial charge >= 0.3 is 5.97 Å². The molecule has 6 heteroatoms. The van der Waals surface area contributed by atoms with E-state index in [-0.39, 0.29) is 5.69 Å². The Bertz CT molecular complexity index is 441. The molecular weight excluding hydrogens is 246 g/mol. The molecule has 19 heavy (non-hydrogen) atoms. The van der Waals surface area contributed by atoms with Crippen LogP contribution in [0.1, 0.15) is 36.2 Å². The Labute approximate surface area is 112 Å². The number of ether oxygens (including phenoxy) is 1. The summed E-state index contributed by atoms with van der Waals surface area (Å²) >= 11 is 0. The molecule has 0 unspecified atom stereocenters. The molecule has 104 valence electrons. The van der Waals surface area contributed by atoms with Crippen molar-refractivity contribution in [3.05, 3.63) is 18.1 Å². The van der Waals surface area contributed by atoms with Crippen LogP contribution in [0.2, 0.25) is 0 Å². The summed E-state index contributed by atoms with van der Waals surface area (Å²) in [4.78, 5) is 21.3. The van der Waals surface area contributed by atoms with E-state index >= 15 is 0 Å². The van der Waals surface area contributed by atoms with Gasteiger partial charge in [0.2, 0.25) is 0 Å². The van der Waals surface area contributed by atoms with Crippen LogP contribution in [0.3, 0.4) is 0 Å². The number of anilines is 1. The number of carbonyl (C=O) groups is 1. The van der Waals surface area contributed by atoms with Gasteiger partial charge in [-0.05, 0) is 12.8 Å². The van der Waals surface area contributed by atoms with Crippen LogP contribution in [-0.2, 0) is 4.74 Å². The Morgan fingerprint density at radius 1 is 1.42 bits per heavy atom. The summed E-state index contributed by atoms with van der Waals surface area (Å²) < 4.78 is 4.57. The molecule has 0 saturated heterocycles. The van der Waals surface area contributed by atoms with E-state index in [0.717, 1.165) is 25.7 Å². The number of aliphatic hydroxyl groups is 1. The summed E-state index contributed by atoms with van der Waals surface area (Å²) in [5, 5.41) is 10.3. The molecule has 1 aromatic heterocycles. The molecular formula is C13H19N3O3. The Hall–Kier alpha value is -1.69. The minimum Gasteiger partial charge on any atom is -0.464 e. The van der Waals surface area contributed by atoms with Crippen LogP contribution >= 0.6 is 0 Å². The fraction of sp³-hybridized carbons (Fsp3) is 0.615. The van der Waals surface area contributed by atoms with Gasteiger partial charge in [-0.1, -0.05) is 12.8 Å². The summed E-state index contributed by atoms with van der Waals surface area (Å²) in [5.74, 6) is 0.129. The van der Waals surface area contributed by atoms with Crippen molar-refractivity contribution in [1.82, 2.24) is 9.97 Å². The maximum absolute atomic E-state index is 11.2. The maximum Gasteiger partial charge on any atom is 0.358 e. The lowest BCUT2D eigenvalue weighted by molar-refractivity contribution is 0.0555. The van der Waals surface area contributed by atoms with Crippen molar-refractivity contribution >= 4 is 11.8 Å². The first-order valence-electron chi connectivity index (χ1n) is 6.38. The van der Waals surface area contributed by atoms with Gasteiger partial charge in [0, 0.05) is 13.6 Å². The highest BCUT2D eigenvalue weighted by Crippen LogP contribution is 2.30. The van der Waals surface area contributed by atoms with Gasteiger partial charge in [-0.25, -0.2) is 14.8 Å². The van der Waals surface area contributed by atoms with Crippen molar-refractivity contribution in [2.45, 2.75) is 31.3 Å². The predicted octanol–water partition coefficient (Wildman–Crippen LogP) is 1.00. The Morgan fingerprint density at radius 2 is 2.11 bits per heavy atom. The Kier molecular flexibility index (Phi) is 3.99. The average Bonchev–Trinajstić information content (AvgIpc) is 2.84. The van der Waals surface area contributed by atoms with Crippen molar-refractivity contribution in [3.63, 3.8) is 0 Å². The van der Waals surface area contributed by atoms with Gasteiger partial charge in [0.05, 0.1) is 25.1 Å². The minimum absolute atomic E-state index is 0.180. The fourth-order valence-electron chi connectivity index (χ4n) is 2.44. The van der Waals surface area contributed by atoms with E-state index in [1.54, 1.807) is 0 Å². The third-order valence-electron chi connectivity index (χ3n) is 3.49. The normalized spacial score (nSPS) is 17.2. The van der Waals surface area contributed by atoms with Crippen molar-refractivity contribution in [3.8, 4) is 0 Å². The molecule has 1 N–H and O–H groups in total. The van der Waals surface area contributed by atoms with E-state index in [9.17, 15) is 9.90 Å². The zero-order valence-electron chi connectivity index (χ0n) is 11.3. The Balaban J connectivity index is 2.03. The third kappa shape index (κ3) is 3.20. The molecule has 0 radical (unpaired) electrons. The highest BCUT2D eigenvalue weighted by atomic mass is 16.5. The molecule has 0 aliphatic heterocycles. The van der Waals surface area contributed by atoms with Gasteiger partial charge in [-0.2, -0.15) is 0 Å². The monoisotopic (exact) mass is 265 g/mol. The molecule has 6 nitrogen and oxygen atoms in total. The van der Waals surface area contributed by atoms with E-state index < -0.39 is 11.6 Å². The molecule has 0 aromatic carbocycles. The lowest BCUT2D eigenvalue weighted by Crippen LogP contribution is -2.39. The molecule has 1 aliphatic rings. The van der Waals surface area contributed by atoms with Gasteiger partial charge in [-0.3, -0.25) is 0 Å². The second-order valence-electron chi connectivity index (χ2n) is 5.04. The van der Waals surface area contributed by atoms with E-state index in [1.807, 2.05) is 11.9 Å². The second kappa shape index (κ2) is 5.52. The first-order chi connectivity index (χ1) is 9.04. The lowest BCUT2D eigenvalue weighted by Gasteiger charge is -2.29. The summed E-state index contributed by atoms with van der Waals surface area (Å²) in [6.07, 6.45) is 6.69. The van der Waals surface area contributed by atoms with Crippen LogP contribution in [0.5, 0.6) is 0 Å². The fourth-order valence-corrected chi connectivity index (χ4v) is 2.44. The first kappa shape index (κ1) is 13.7. The van der Waals surface area contributed by atoms with Crippen molar-refractivity contribution in [2.75, 3.05) is 25.6 Å². The van der Waals surface area contributed by atoms with Gasteiger partial charge in [0.15, 0.2) is 5.69 Å². The largest absolute Gasteiger partial charge is 0.464 e. The van der Waals surface area contributed by atoms with Crippen LogP contribution < -0.4 is 4.90 Å². The van der Waals surface area contributed by atoms with Crippen LogP contribution in [0, 0.1) is 0 Å². The molecule has 1 fully saturated rings. The van der Waals surface area contributed by atoms with Crippen molar-refractivity contribution < 1.29 is 14.6 Å². The molecule has 1 heterocycles. The van der Waals surface area contributed by atoms with E-state index in [0.29, 0.717) is 12.4 Å². The number of likely N-dealkylation sites (N-methyl/N-ethyl adjacent to an activating group) is 1. The molecule has 0 atom stereocenters. The highest BCUT2D eigenvalue weighted by Gasteiger charge is 2.32. The summed E-state index contributed by atoms with van der Waals surface area (Å²) in [5.41, 5.74) is -0.448. The van der Waals surface area contributed by atoms with Gasteiger partial charge < -0.3 is 14.7 Å². The maximum atomic E-state index is 11.2. The number of esters is 1. The van der Waals surface area contributed by atoms with Crippen molar-refractivity contribution in [1.29, 1.82) is 0 Å². The number of hydrogen-bond acceptors (Lipinski definition) is 6. The molecule has 1 aliphatic carbocycles. The molecule has 0 bridgehead atoms. The van der Waals surface area contributed by atoms with Gasteiger partial charge in [-0.15, -0.1) is 0 Å². The quantitative estimate of drug-likeness (QED) is 0.819. The Morgan fingerprint density at radius 3 is 2.63 bits per heavy atom. The summed E-state index contributed by atoms with van der Waals surface area (Å²) in [6.45, 7) is 0.527. The second-order valence-corrected chi connectivity index (χ2v) is 5.04. The van der Waals surface area contributed by atoms with Gasteiger partial charge in [0.1, 0.15) is 5.82 Å². The molecule has 2 rings (SSSR count). The summed E-state index contributed by atoms with van der Waals surface area (Å²) in [6, 6.07) is 0. The highest BCUT2D eigenvalue weighted by molar-refractivity contribution is 5.86. The van der Waals surface area contributed by atoms with Crippen LogP contribution in [0.15, 0.2) is 12.4 Å². The number of aromatic nitrogens is 2. The number of rotatable bonds is 4. The number of nitrogens with zero attached hydrogens (tertiary/aromatic N) is 3. The molecule has 1 saturated carbocycles. The summed E-state index contributed by atoms with van der Waals surface area (Å²) in [7, 11) is 3.16. The predicted molar refractivity (Wildman–Crippen MR) is 70.1 cm³/mol.